The van der Waals surface area contributed by atoms with E-state index in [-0.39, 0.29) is 11.5 Å². The molecule has 2 radical (unpaired) electrons. The van der Waals surface area contributed by atoms with Gasteiger partial charge in [-0.25, -0.2) is 0 Å². The fourth-order valence-corrected chi connectivity index (χ4v) is 2.09. The van der Waals surface area contributed by atoms with E-state index in [1.165, 1.54) is 18.5 Å². The van der Waals surface area contributed by atoms with Gasteiger partial charge in [-0.3, -0.25) is 0 Å². The summed E-state index contributed by atoms with van der Waals surface area (Å²) in [6.07, 6.45) is -1.57. The van der Waals surface area contributed by atoms with E-state index < -0.39 is 11.9 Å². The van der Waals surface area contributed by atoms with Crippen LogP contribution in [-0.2, 0) is 6.18 Å². The van der Waals surface area contributed by atoms with Gasteiger partial charge in [0.2, 0.25) is 0 Å². The fourth-order valence-electron chi connectivity index (χ4n) is 1.84. The molecule has 0 aromatic carbocycles. The van der Waals surface area contributed by atoms with E-state index >= 15 is 0 Å². The molecular formula is C13H7AsF3N5. The molecule has 3 heterocycles. The Morgan fingerprint density at radius 2 is 1.91 bits per heavy atom. The van der Waals surface area contributed by atoms with Crippen LogP contribution in [0.4, 0.5) is 13.2 Å². The van der Waals surface area contributed by atoms with Crippen molar-refractivity contribution in [1.29, 1.82) is 0 Å². The van der Waals surface area contributed by atoms with Gasteiger partial charge in [0.25, 0.3) is 0 Å². The molecule has 0 saturated heterocycles. The average Bonchev–Trinajstić information content (AvgIpc) is 2.94. The van der Waals surface area contributed by atoms with Crippen molar-refractivity contribution in [3.05, 3.63) is 48.4 Å². The molecule has 0 aliphatic rings. The molecule has 0 saturated carbocycles. The molecule has 0 unspecified atom stereocenters. The summed E-state index contributed by atoms with van der Waals surface area (Å²) >= 11 is 2.16. The van der Waals surface area contributed by atoms with Gasteiger partial charge in [-0.1, -0.05) is 0 Å². The summed E-state index contributed by atoms with van der Waals surface area (Å²) in [6.45, 7) is 0. The van der Waals surface area contributed by atoms with E-state index in [1.54, 1.807) is 18.2 Å². The van der Waals surface area contributed by atoms with Crippen molar-refractivity contribution in [3.63, 3.8) is 0 Å². The zero-order valence-electron chi connectivity index (χ0n) is 10.9. The van der Waals surface area contributed by atoms with E-state index in [0.717, 1.165) is 10.7 Å². The molecule has 0 bridgehead atoms. The van der Waals surface area contributed by atoms with Crippen LogP contribution in [0.2, 0.25) is 0 Å². The summed E-state index contributed by atoms with van der Waals surface area (Å²) in [5.41, 5.74) is -0.263. The summed E-state index contributed by atoms with van der Waals surface area (Å²) in [5, 5.41) is 11.5. The van der Waals surface area contributed by atoms with Crippen LogP contribution in [0.15, 0.2) is 42.7 Å². The summed E-state index contributed by atoms with van der Waals surface area (Å²) in [7, 11) is 0. The molecule has 3 aromatic rings. The van der Waals surface area contributed by atoms with E-state index in [0.29, 0.717) is 10.0 Å². The Labute approximate surface area is 131 Å². The number of aromatic nitrogens is 5. The molecule has 5 nitrogen and oxygen atoms in total. The minimum atomic E-state index is -4.56. The Kier molecular flexibility index (Phi) is 3.70. The van der Waals surface area contributed by atoms with Gasteiger partial charge in [-0.2, -0.15) is 0 Å². The van der Waals surface area contributed by atoms with Gasteiger partial charge in [-0.05, 0) is 0 Å². The van der Waals surface area contributed by atoms with E-state index in [2.05, 4.69) is 37.1 Å². The normalized spacial score (nSPS) is 11.6. The monoisotopic (exact) mass is 365 g/mol. The van der Waals surface area contributed by atoms with Gasteiger partial charge < -0.3 is 0 Å². The first-order valence-electron chi connectivity index (χ1n) is 6.06. The molecule has 0 fully saturated rings. The maximum absolute atomic E-state index is 13.2. The molecular weight excluding hydrogens is 358 g/mol. The molecule has 3 rings (SSSR count). The second-order valence-electron chi connectivity index (χ2n) is 4.32. The zero-order chi connectivity index (χ0) is 15.7. The second-order valence-corrected chi connectivity index (χ2v) is 5.28. The van der Waals surface area contributed by atoms with Crippen LogP contribution in [0.25, 0.3) is 17.1 Å². The average molecular weight is 365 g/mol. The van der Waals surface area contributed by atoms with Gasteiger partial charge in [-0.15, -0.1) is 0 Å². The van der Waals surface area contributed by atoms with Gasteiger partial charge in [0.05, 0.1) is 0 Å². The minimum absolute atomic E-state index is 0.00253. The zero-order valence-corrected chi connectivity index (χ0v) is 12.7. The van der Waals surface area contributed by atoms with Crippen molar-refractivity contribution in [3.8, 4) is 17.1 Å². The fraction of sp³-hybridized carbons (Fsp3) is 0.0769. The SMILES string of the molecule is FC(F)(F)c1cc(-c2cccnc2)nn1-c1ccc([As])nn1. The summed E-state index contributed by atoms with van der Waals surface area (Å²) in [4.78, 5) is 3.89. The molecule has 0 N–H and O–H groups in total. The number of halogens is 3. The van der Waals surface area contributed by atoms with Crippen LogP contribution in [0.5, 0.6) is 0 Å². The third kappa shape index (κ3) is 2.87. The topological polar surface area (TPSA) is 56.5 Å². The Hall–Kier alpha value is -2.21. The van der Waals surface area contributed by atoms with Gasteiger partial charge in [0, 0.05) is 0 Å². The van der Waals surface area contributed by atoms with Gasteiger partial charge in [0.15, 0.2) is 0 Å². The van der Waals surface area contributed by atoms with Crippen LogP contribution in [0.1, 0.15) is 5.69 Å². The van der Waals surface area contributed by atoms with Crippen molar-refractivity contribution in [2.45, 2.75) is 6.18 Å². The maximum atomic E-state index is 13.2. The molecule has 0 spiro atoms. The van der Waals surface area contributed by atoms with Crippen molar-refractivity contribution in [1.82, 2.24) is 25.0 Å². The summed E-state index contributed by atoms with van der Waals surface area (Å²) < 4.78 is 40.9. The van der Waals surface area contributed by atoms with Crippen molar-refractivity contribution in [2.75, 3.05) is 0 Å². The first-order chi connectivity index (χ1) is 10.4. The summed E-state index contributed by atoms with van der Waals surface area (Å²) in [6, 6.07) is 7.21. The second kappa shape index (κ2) is 5.53. The number of hydrogen-bond donors (Lipinski definition) is 0. The van der Waals surface area contributed by atoms with Crippen LogP contribution in [0, 0.1) is 0 Å². The van der Waals surface area contributed by atoms with E-state index in [9.17, 15) is 13.2 Å². The quantitative estimate of drug-likeness (QED) is 0.647. The van der Waals surface area contributed by atoms with Crippen molar-refractivity contribution < 1.29 is 13.2 Å². The number of hydrogen-bond acceptors (Lipinski definition) is 4. The van der Waals surface area contributed by atoms with Crippen LogP contribution < -0.4 is 4.48 Å². The molecule has 3 aromatic heterocycles. The third-order valence-electron chi connectivity index (χ3n) is 2.81. The first-order valence-corrected chi connectivity index (χ1v) is 7.00. The Bertz CT molecular complexity index is 784. The van der Waals surface area contributed by atoms with Crippen LogP contribution >= 0.6 is 0 Å². The molecule has 9 heteroatoms. The third-order valence-corrected chi connectivity index (χ3v) is 3.31. The Balaban J connectivity index is 2.16. The van der Waals surface area contributed by atoms with Gasteiger partial charge >= 0.3 is 131 Å². The van der Waals surface area contributed by atoms with Crippen LogP contribution in [-0.4, -0.2) is 41.8 Å². The van der Waals surface area contributed by atoms with Gasteiger partial charge in [0.1, 0.15) is 0 Å². The first kappa shape index (κ1) is 14.7. The molecule has 0 aliphatic heterocycles. The Morgan fingerprint density at radius 3 is 2.50 bits per heavy atom. The van der Waals surface area contributed by atoms with Crippen molar-refractivity contribution >= 4 is 21.3 Å². The standard InChI is InChI=1S/C13H7AsF3N5/c14-11-3-4-12(20-19-11)22-10(13(15,16)17)6-9(21-22)8-2-1-5-18-7-8/h1-7H. The number of pyridine rings is 1. The molecule has 0 atom stereocenters. The van der Waals surface area contributed by atoms with E-state index in [1.807, 2.05) is 0 Å². The Morgan fingerprint density at radius 1 is 1.09 bits per heavy atom. The number of rotatable bonds is 2. The predicted molar refractivity (Wildman–Crippen MR) is 72.8 cm³/mol. The molecule has 0 amide bonds. The number of nitrogens with zero attached hydrogens (tertiary/aromatic N) is 5. The predicted octanol–water partition coefficient (Wildman–Crippen LogP) is 1.54. The molecule has 110 valence electrons. The number of alkyl halides is 3. The molecule has 22 heavy (non-hydrogen) atoms. The molecule has 0 aliphatic carbocycles. The van der Waals surface area contributed by atoms with Crippen LogP contribution in [0.3, 0.4) is 0 Å². The summed E-state index contributed by atoms with van der Waals surface area (Å²) in [5.74, 6) is -0.00253. The van der Waals surface area contributed by atoms with E-state index in [4.69, 9.17) is 0 Å². The van der Waals surface area contributed by atoms with Crippen molar-refractivity contribution in [2.24, 2.45) is 0 Å².